The minimum atomic E-state index is -0.733. The maximum Gasteiger partial charge on any atom is 0.341 e. The Morgan fingerprint density at radius 3 is 2.45 bits per heavy atom. The lowest BCUT2D eigenvalue weighted by Gasteiger charge is -2.15. The number of benzene rings is 3. The number of hydrogen-bond acceptors (Lipinski definition) is 5. The van der Waals surface area contributed by atoms with Crippen molar-refractivity contribution in [1.82, 2.24) is 0 Å². The highest BCUT2D eigenvalue weighted by Gasteiger charge is 2.23. The summed E-state index contributed by atoms with van der Waals surface area (Å²) < 4.78 is 10.7. The average Bonchev–Trinajstić information content (AvgIpc) is 2.70. The summed E-state index contributed by atoms with van der Waals surface area (Å²) in [5.74, 6) is -0.224. The van der Waals surface area contributed by atoms with E-state index in [-0.39, 0.29) is 22.8 Å². The maximum absolute atomic E-state index is 12.1. The van der Waals surface area contributed by atoms with Crippen molar-refractivity contribution in [2.24, 2.45) is 0 Å². The molecule has 2 N–H and O–H groups in total. The molecule has 0 aliphatic heterocycles. The molecule has 3 aromatic rings. The van der Waals surface area contributed by atoms with Gasteiger partial charge < -0.3 is 19.7 Å². The molecule has 0 saturated heterocycles. The number of methoxy groups -OCH3 is 1. The molecule has 0 radical (unpaired) electrons. The van der Waals surface area contributed by atoms with Crippen LogP contribution in [0.15, 0.2) is 54.6 Å². The number of halogens is 2. The van der Waals surface area contributed by atoms with Gasteiger partial charge in [-0.3, -0.25) is 0 Å². The van der Waals surface area contributed by atoms with Crippen molar-refractivity contribution >= 4 is 29.2 Å². The summed E-state index contributed by atoms with van der Waals surface area (Å²) in [4.78, 5) is 12.1. The molecule has 0 atom stereocenters. The topological polar surface area (TPSA) is 76.0 Å². The van der Waals surface area contributed by atoms with Crippen molar-refractivity contribution in [2.45, 2.75) is 12.8 Å². The van der Waals surface area contributed by atoms with Crippen LogP contribution < -0.4 is 4.74 Å². The largest absolute Gasteiger partial charge is 0.507 e. The quantitative estimate of drug-likeness (QED) is 0.483. The molecule has 7 heteroatoms. The number of ether oxygens (including phenoxy) is 2. The standard InChI is InChI=1S/C22H18Cl2O5/c1-28-22(27)20-16(21(24)18(26)12-17(20)25)10-9-13-5-2-3-8-19(13)29-15-7-4-6-14(23)11-15/h2-8,11-12,25-26H,9-10H2,1H3. The molecule has 3 rings (SSSR count). The van der Waals surface area contributed by atoms with Gasteiger partial charge in [0.2, 0.25) is 0 Å². The summed E-state index contributed by atoms with van der Waals surface area (Å²) in [6.07, 6.45) is 0.699. The van der Waals surface area contributed by atoms with Crippen molar-refractivity contribution in [3.63, 3.8) is 0 Å². The smallest absolute Gasteiger partial charge is 0.341 e. The van der Waals surface area contributed by atoms with Gasteiger partial charge in [-0.15, -0.1) is 0 Å². The van der Waals surface area contributed by atoms with E-state index in [0.29, 0.717) is 28.5 Å². The third-order valence-electron chi connectivity index (χ3n) is 4.35. The van der Waals surface area contributed by atoms with Crippen LogP contribution in [0, 0.1) is 0 Å². The molecule has 0 heterocycles. The monoisotopic (exact) mass is 432 g/mol. The Hall–Kier alpha value is -2.89. The normalized spacial score (nSPS) is 10.6. The summed E-state index contributed by atoms with van der Waals surface area (Å²) in [5, 5.41) is 20.6. The van der Waals surface area contributed by atoms with E-state index in [2.05, 4.69) is 0 Å². The Morgan fingerprint density at radius 1 is 0.966 bits per heavy atom. The van der Waals surface area contributed by atoms with E-state index in [1.807, 2.05) is 24.3 Å². The lowest BCUT2D eigenvalue weighted by atomic mass is 9.98. The van der Waals surface area contributed by atoms with E-state index in [1.54, 1.807) is 24.3 Å². The van der Waals surface area contributed by atoms with E-state index in [1.165, 1.54) is 7.11 Å². The Bertz CT molecular complexity index is 1050. The zero-order chi connectivity index (χ0) is 21.0. The molecule has 0 unspecified atom stereocenters. The number of phenols is 2. The average molecular weight is 433 g/mol. The molecule has 150 valence electrons. The maximum atomic E-state index is 12.1. The zero-order valence-electron chi connectivity index (χ0n) is 15.5. The van der Waals surface area contributed by atoms with Crippen LogP contribution in [0.1, 0.15) is 21.5 Å². The first-order valence-corrected chi connectivity index (χ1v) is 9.49. The van der Waals surface area contributed by atoms with E-state index >= 15 is 0 Å². The van der Waals surface area contributed by atoms with E-state index in [0.717, 1.165) is 11.6 Å². The molecule has 0 bridgehead atoms. The zero-order valence-corrected chi connectivity index (χ0v) is 17.0. The third-order valence-corrected chi connectivity index (χ3v) is 5.01. The predicted molar refractivity (Wildman–Crippen MR) is 111 cm³/mol. The number of phenolic OH excluding ortho intramolecular Hbond substituents is 2. The molecule has 3 aromatic carbocycles. The number of aromatic hydroxyl groups is 2. The van der Waals surface area contributed by atoms with Gasteiger partial charge >= 0.3 is 5.97 Å². The summed E-state index contributed by atoms with van der Waals surface area (Å²) in [5.41, 5.74) is 1.08. The van der Waals surface area contributed by atoms with Crippen LogP contribution in [-0.4, -0.2) is 23.3 Å². The van der Waals surface area contributed by atoms with Gasteiger partial charge in [0.1, 0.15) is 28.6 Å². The second-order valence-corrected chi connectivity index (χ2v) is 7.06. The van der Waals surface area contributed by atoms with Gasteiger partial charge in [0.25, 0.3) is 0 Å². The van der Waals surface area contributed by atoms with Crippen LogP contribution in [0.4, 0.5) is 0 Å². The van der Waals surface area contributed by atoms with Gasteiger partial charge in [0.15, 0.2) is 0 Å². The number of hydrogen-bond donors (Lipinski definition) is 2. The molecule has 5 nitrogen and oxygen atoms in total. The summed E-state index contributed by atoms with van der Waals surface area (Å²) in [7, 11) is 1.21. The highest BCUT2D eigenvalue weighted by atomic mass is 35.5. The Balaban J connectivity index is 1.90. The van der Waals surface area contributed by atoms with Crippen LogP contribution in [0.3, 0.4) is 0 Å². The van der Waals surface area contributed by atoms with Crippen molar-refractivity contribution in [3.05, 3.63) is 81.3 Å². The third kappa shape index (κ3) is 4.75. The Kier molecular flexibility index (Phi) is 6.52. The molecule has 0 fully saturated rings. The highest BCUT2D eigenvalue weighted by Crippen LogP contribution is 2.38. The highest BCUT2D eigenvalue weighted by molar-refractivity contribution is 6.33. The van der Waals surface area contributed by atoms with Crippen LogP contribution in [0.5, 0.6) is 23.0 Å². The number of rotatable bonds is 6. The van der Waals surface area contributed by atoms with Crippen LogP contribution in [-0.2, 0) is 17.6 Å². The fourth-order valence-corrected chi connectivity index (χ4v) is 3.40. The lowest BCUT2D eigenvalue weighted by molar-refractivity contribution is 0.0596. The van der Waals surface area contributed by atoms with Crippen LogP contribution in [0.2, 0.25) is 10.0 Å². The predicted octanol–water partition coefficient (Wildman–Crippen LogP) is 5.77. The summed E-state index contributed by atoms with van der Waals surface area (Å²) in [6.45, 7) is 0. The SMILES string of the molecule is COC(=O)c1c(O)cc(O)c(Cl)c1CCc1ccccc1Oc1cccc(Cl)c1. The van der Waals surface area contributed by atoms with Gasteiger partial charge in [-0.2, -0.15) is 0 Å². The molecule has 0 aliphatic rings. The molecule has 0 saturated carbocycles. The lowest BCUT2D eigenvalue weighted by Crippen LogP contribution is -2.08. The number of para-hydroxylation sites is 1. The molecule has 29 heavy (non-hydrogen) atoms. The summed E-state index contributed by atoms with van der Waals surface area (Å²) >= 11 is 12.2. The Morgan fingerprint density at radius 2 is 1.72 bits per heavy atom. The Labute approximate surface area is 178 Å². The van der Waals surface area contributed by atoms with Gasteiger partial charge in [0.05, 0.1) is 12.1 Å². The second kappa shape index (κ2) is 9.07. The number of aryl methyl sites for hydroxylation is 1. The van der Waals surface area contributed by atoms with Gasteiger partial charge in [-0.05, 0) is 48.2 Å². The minimum Gasteiger partial charge on any atom is -0.507 e. The van der Waals surface area contributed by atoms with E-state index in [9.17, 15) is 15.0 Å². The van der Waals surface area contributed by atoms with Crippen molar-refractivity contribution in [2.75, 3.05) is 7.11 Å². The number of esters is 1. The summed E-state index contributed by atoms with van der Waals surface area (Å²) in [6, 6.07) is 15.5. The molecule has 0 amide bonds. The molecular weight excluding hydrogens is 415 g/mol. The van der Waals surface area contributed by atoms with E-state index in [4.69, 9.17) is 32.7 Å². The molecule has 0 spiro atoms. The van der Waals surface area contributed by atoms with Crippen molar-refractivity contribution in [1.29, 1.82) is 0 Å². The minimum absolute atomic E-state index is 0.00330. The van der Waals surface area contributed by atoms with E-state index < -0.39 is 11.7 Å². The van der Waals surface area contributed by atoms with Crippen LogP contribution >= 0.6 is 23.2 Å². The fraction of sp³-hybridized carbons (Fsp3) is 0.136. The van der Waals surface area contributed by atoms with Crippen molar-refractivity contribution in [3.8, 4) is 23.0 Å². The van der Waals surface area contributed by atoms with Gasteiger partial charge in [0, 0.05) is 11.1 Å². The van der Waals surface area contributed by atoms with Gasteiger partial charge in [-0.25, -0.2) is 4.79 Å². The van der Waals surface area contributed by atoms with Gasteiger partial charge in [-0.1, -0.05) is 47.5 Å². The first-order chi connectivity index (χ1) is 13.9. The van der Waals surface area contributed by atoms with Crippen LogP contribution in [0.25, 0.3) is 0 Å². The van der Waals surface area contributed by atoms with Crippen molar-refractivity contribution < 1.29 is 24.5 Å². The second-order valence-electron chi connectivity index (χ2n) is 6.24. The first kappa shape index (κ1) is 20.8. The number of carbonyl (C=O) groups is 1. The number of carbonyl (C=O) groups excluding carboxylic acids is 1. The molecule has 0 aromatic heterocycles. The molecular formula is C22H18Cl2O5. The molecule has 0 aliphatic carbocycles. The first-order valence-electron chi connectivity index (χ1n) is 8.73. The fourth-order valence-electron chi connectivity index (χ4n) is 2.98.